The minimum Gasteiger partial charge on any atom is -0.489 e. The molecule has 8 nitrogen and oxygen atoms in total. The van der Waals surface area contributed by atoms with Crippen LogP contribution in [0.15, 0.2) is 17.8 Å². The van der Waals surface area contributed by atoms with Gasteiger partial charge in [0.25, 0.3) is 0 Å². The van der Waals surface area contributed by atoms with Gasteiger partial charge in [0.2, 0.25) is 0 Å². The van der Waals surface area contributed by atoms with Crippen molar-refractivity contribution in [2.75, 3.05) is 27.2 Å². The maximum absolute atomic E-state index is 12.3. The number of amides is 1. The molecule has 0 saturated heterocycles. The maximum atomic E-state index is 12.3. The molecule has 0 aliphatic heterocycles. The normalized spacial score (nSPS) is 17.7. The molecule has 0 aromatic carbocycles. The molecule has 8 heteroatoms. The van der Waals surface area contributed by atoms with Crippen molar-refractivity contribution < 1.29 is 14.3 Å². The summed E-state index contributed by atoms with van der Waals surface area (Å²) in [5, 5.41) is 1.39. The highest BCUT2D eigenvalue weighted by molar-refractivity contribution is 5.68. The highest BCUT2D eigenvalue weighted by Gasteiger charge is 2.27. The number of ether oxygens (including phenoxy) is 2. The first-order chi connectivity index (χ1) is 15.9. The van der Waals surface area contributed by atoms with Gasteiger partial charge in [-0.25, -0.2) is 15.6 Å². The Bertz CT molecular complexity index is 816. The zero-order valence-electron chi connectivity index (χ0n) is 20.5. The van der Waals surface area contributed by atoms with E-state index in [1.165, 1.54) is 30.7 Å². The van der Waals surface area contributed by atoms with E-state index in [2.05, 4.69) is 6.92 Å². The van der Waals surface area contributed by atoms with E-state index in [4.69, 9.17) is 26.0 Å². The van der Waals surface area contributed by atoms with Crippen LogP contribution in [0.2, 0.25) is 0 Å². The van der Waals surface area contributed by atoms with Crippen molar-refractivity contribution in [3.8, 4) is 5.75 Å². The van der Waals surface area contributed by atoms with Crippen LogP contribution in [0.5, 0.6) is 5.75 Å². The molecule has 2 fully saturated rings. The van der Waals surface area contributed by atoms with Crippen LogP contribution in [-0.4, -0.2) is 54.3 Å². The van der Waals surface area contributed by atoms with Gasteiger partial charge in [0.15, 0.2) is 0 Å². The number of hydrazine groups is 1. The zero-order chi connectivity index (χ0) is 23.8. The molecule has 2 saturated carbocycles. The van der Waals surface area contributed by atoms with Crippen molar-refractivity contribution in [2.45, 2.75) is 83.2 Å². The summed E-state index contributed by atoms with van der Waals surface area (Å²) < 4.78 is 11.9. The monoisotopic (exact) mass is 459 g/mol. The number of nitrogens with two attached hydrogens (primary N) is 2. The molecule has 1 heterocycles. The number of rotatable bonds is 10. The quantitative estimate of drug-likeness (QED) is 0.395. The minimum absolute atomic E-state index is 0.0189. The average molecular weight is 460 g/mol. The molecular weight excluding hydrogens is 418 g/mol. The van der Waals surface area contributed by atoms with Crippen molar-refractivity contribution in [3.63, 3.8) is 0 Å². The first-order valence-corrected chi connectivity index (χ1v) is 12.4. The maximum Gasteiger partial charge on any atom is 0.409 e. The fourth-order valence-electron chi connectivity index (χ4n) is 4.29. The fraction of sp³-hybridized carbons (Fsp3) is 0.680. The number of carbonyl (C=O) groups excluding carboxylic acids is 1. The van der Waals surface area contributed by atoms with Crippen LogP contribution in [0.25, 0.3) is 5.70 Å². The highest BCUT2D eigenvalue weighted by atomic mass is 16.6. The Kier molecular flexibility index (Phi) is 9.23. The van der Waals surface area contributed by atoms with Gasteiger partial charge < -0.3 is 25.1 Å². The molecule has 2 aliphatic carbocycles. The zero-order valence-corrected chi connectivity index (χ0v) is 20.5. The van der Waals surface area contributed by atoms with E-state index in [9.17, 15) is 4.79 Å². The summed E-state index contributed by atoms with van der Waals surface area (Å²) in [7, 11) is 3.42. The van der Waals surface area contributed by atoms with Crippen molar-refractivity contribution in [2.24, 2.45) is 11.6 Å². The smallest absolute Gasteiger partial charge is 0.409 e. The largest absolute Gasteiger partial charge is 0.489 e. The molecule has 184 valence electrons. The van der Waals surface area contributed by atoms with E-state index in [1.807, 2.05) is 12.1 Å². The summed E-state index contributed by atoms with van der Waals surface area (Å²) in [6.07, 6.45) is 11.2. The van der Waals surface area contributed by atoms with Crippen LogP contribution >= 0.6 is 0 Å². The van der Waals surface area contributed by atoms with Gasteiger partial charge in [0.1, 0.15) is 12.4 Å². The van der Waals surface area contributed by atoms with Crippen LogP contribution < -0.4 is 16.3 Å². The second-order valence-electron chi connectivity index (χ2n) is 9.39. The summed E-state index contributed by atoms with van der Waals surface area (Å²) in [5.41, 5.74) is 9.04. The third kappa shape index (κ3) is 6.76. The average Bonchev–Trinajstić information content (AvgIpc) is 2.77. The molecule has 0 unspecified atom stereocenters. The number of unbranched alkanes of at least 4 members (excludes halogenated alkanes) is 1. The molecule has 3 rings (SSSR count). The van der Waals surface area contributed by atoms with Crippen molar-refractivity contribution in [1.29, 1.82) is 0 Å². The molecule has 1 amide bonds. The number of carbonyl (C=O) groups is 1. The number of pyridine rings is 1. The molecule has 4 N–H and O–H groups in total. The Morgan fingerprint density at radius 1 is 1.12 bits per heavy atom. The van der Waals surface area contributed by atoms with E-state index in [-0.39, 0.29) is 12.7 Å². The Labute approximate surface area is 198 Å². The van der Waals surface area contributed by atoms with E-state index in [0.717, 1.165) is 50.0 Å². The van der Waals surface area contributed by atoms with Gasteiger partial charge in [-0.05, 0) is 57.1 Å². The van der Waals surface area contributed by atoms with E-state index >= 15 is 0 Å². The number of aromatic nitrogens is 1. The van der Waals surface area contributed by atoms with E-state index in [0.29, 0.717) is 29.6 Å². The molecule has 1 aromatic heterocycles. The second kappa shape index (κ2) is 12.1. The fourth-order valence-corrected chi connectivity index (χ4v) is 4.29. The predicted octanol–water partition coefficient (Wildman–Crippen LogP) is 4.36. The summed E-state index contributed by atoms with van der Waals surface area (Å²) in [6, 6.07) is 3.88. The van der Waals surface area contributed by atoms with Gasteiger partial charge in [0, 0.05) is 26.6 Å². The van der Waals surface area contributed by atoms with Crippen LogP contribution in [0.4, 0.5) is 4.79 Å². The van der Waals surface area contributed by atoms with Gasteiger partial charge in [-0.3, -0.25) is 0 Å². The third-order valence-corrected chi connectivity index (χ3v) is 6.73. The van der Waals surface area contributed by atoms with E-state index in [1.54, 1.807) is 19.0 Å². The summed E-state index contributed by atoms with van der Waals surface area (Å²) >= 11 is 0. The standard InChI is InChI=1S/C25H41N5O3/c1-4-5-16-29(2)25(31)32-17-21(30(3)27)23(26)20-14-15-22(24(28-20)18-10-9-11-18)33-19-12-7-6-8-13-19/h14-15,18-19H,4-13,16-17,26-27H2,1-3H3/b23-21-. The molecule has 0 spiro atoms. The van der Waals surface area contributed by atoms with Gasteiger partial charge in [0.05, 0.1) is 28.9 Å². The van der Waals surface area contributed by atoms with Crippen LogP contribution in [-0.2, 0) is 4.74 Å². The van der Waals surface area contributed by atoms with E-state index < -0.39 is 6.09 Å². The SMILES string of the molecule is CCCCN(C)C(=O)OC/C(=C(/N)c1ccc(OC2CCCCC2)c(C2CCC2)n1)N(C)N. The van der Waals surface area contributed by atoms with Crippen LogP contribution in [0, 0.1) is 0 Å². The molecule has 2 aliphatic rings. The number of nitrogens with zero attached hydrogens (tertiary/aromatic N) is 3. The Morgan fingerprint density at radius 2 is 1.85 bits per heavy atom. The molecule has 0 radical (unpaired) electrons. The summed E-state index contributed by atoms with van der Waals surface area (Å²) in [6.45, 7) is 2.71. The summed E-state index contributed by atoms with van der Waals surface area (Å²) in [4.78, 5) is 18.8. The lowest BCUT2D eigenvalue weighted by atomic mass is 9.82. The Morgan fingerprint density at radius 3 is 2.45 bits per heavy atom. The Hall–Kier alpha value is -2.48. The number of likely N-dealkylation sites (N-methyl/N-ethyl adjacent to an activating group) is 1. The topological polar surface area (TPSA) is 107 Å². The third-order valence-electron chi connectivity index (χ3n) is 6.73. The van der Waals surface area contributed by atoms with Crippen molar-refractivity contribution in [1.82, 2.24) is 14.9 Å². The van der Waals surface area contributed by atoms with Gasteiger partial charge >= 0.3 is 6.09 Å². The predicted molar refractivity (Wildman–Crippen MR) is 130 cm³/mol. The minimum atomic E-state index is -0.394. The number of hydrogen-bond donors (Lipinski definition) is 2. The highest BCUT2D eigenvalue weighted by Crippen LogP contribution is 2.41. The van der Waals surface area contributed by atoms with Crippen LogP contribution in [0.3, 0.4) is 0 Å². The lowest BCUT2D eigenvalue weighted by Crippen LogP contribution is -2.34. The van der Waals surface area contributed by atoms with Crippen molar-refractivity contribution >= 4 is 11.8 Å². The molecule has 33 heavy (non-hydrogen) atoms. The lowest BCUT2D eigenvalue weighted by Gasteiger charge is -2.30. The second-order valence-corrected chi connectivity index (χ2v) is 9.39. The van der Waals surface area contributed by atoms with Crippen LogP contribution in [0.1, 0.15) is 88.4 Å². The first-order valence-electron chi connectivity index (χ1n) is 12.4. The van der Waals surface area contributed by atoms with Gasteiger partial charge in [-0.1, -0.05) is 26.2 Å². The molecule has 1 aromatic rings. The molecular formula is C25H41N5O3. The van der Waals surface area contributed by atoms with Gasteiger partial charge in [-0.2, -0.15) is 0 Å². The van der Waals surface area contributed by atoms with Crippen molar-refractivity contribution in [3.05, 3.63) is 29.2 Å². The molecule has 0 bridgehead atoms. The lowest BCUT2D eigenvalue weighted by molar-refractivity contribution is 0.113. The summed E-state index contributed by atoms with van der Waals surface area (Å²) in [5.74, 6) is 7.33. The first kappa shape index (κ1) is 25.1. The molecule has 0 atom stereocenters. The van der Waals surface area contributed by atoms with Gasteiger partial charge in [-0.15, -0.1) is 0 Å². The number of hydrogen-bond acceptors (Lipinski definition) is 7. The Balaban J connectivity index is 1.78.